The van der Waals surface area contributed by atoms with E-state index < -0.39 is 109 Å². The van der Waals surface area contributed by atoms with Gasteiger partial charge in [-0.1, -0.05) is 111 Å². The van der Waals surface area contributed by atoms with Gasteiger partial charge in [0.25, 0.3) is 0 Å². The molecule has 2 aliphatic rings. The van der Waals surface area contributed by atoms with Crippen LogP contribution >= 0.6 is 0 Å². The Hall–Kier alpha value is -7.83. The smallest absolute Gasteiger partial charge is 0.312 e. The molecule has 29 nitrogen and oxygen atoms in total. The number of carbonyl (C=O) groups is 11. The summed E-state index contributed by atoms with van der Waals surface area (Å²) in [5, 5.41) is 19.7. The Bertz CT molecular complexity index is 3030. The number of urea groups is 1. The highest BCUT2D eigenvalue weighted by Crippen LogP contribution is 2.31. The molecule has 11 amide bonds. The second-order valence-corrected chi connectivity index (χ2v) is 28.3. The van der Waals surface area contributed by atoms with Crippen molar-refractivity contribution in [1.29, 1.82) is 0 Å². The Labute approximate surface area is 609 Å². The van der Waals surface area contributed by atoms with Crippen molar-refractivity contribution in [3.8, 4) is 0 Å². The van der Waals surface area contributed by atoms with E-state index in [4.69, 9.17) is 34.2 Å². The number of rotatable bonds is 44. The third-order valence-electron chi connectivity index (χ3n) is 19.4. The van der Waals surface area contributed by atoms with Crippen molar-refractivity contribution in [3.63, 3.8) is 0 Å². The molecule has 0 aliphatic carbocycles. The van der Waals surface area contributed by atoms with Crippen molar-refractivity contribution >= 4 is 70.9 Å². The Kier molecular flexibility index (Phi) is 38.0. The topological polar surface area (TPSA) is 366 Å². The number of ether oxygens (including phenoxy) is 6. The molecule has 2 heterocycles. The van der Waals surface area contributed by atoms with E-state index >= 15 is 0 Å². The average Bonchev–Trinajstić information content (AvgIpc) is 1.81. The molecular formula is C74H120N12O17. The zero-order valence-electron chi connectivity index (χ0n) is 63.7. The number of amides is 11. The van der Waals surface area contributed by atoms with Crippen LogP contribution in [0, 0.1) is 35.5 Å². The number of nitrogens with two attached hydrogens (primary N) is 1. The van der Waals surface area contributed by atoms with E-state index in [0.717, 1.165) is 5.56 Å². The number of methoxy groups -OCH3 is 3. The molecule has 0 bridgehead atoms. The predicted molar refractivity (Wildman–Crippen MR) is 388 cm³/mol. The maximum atomic E-state index is 14.7. The lowest BCUT2D eigenvalue weighted by Crippen LogP contribution is -2.59. The molecule has 103 heavy (non-hydrogen) atoms. The van der Waals surface area contributed by atoms with E-state index in [0.29, 0.717) is 56.4 Å². The van der Waals surface area contributed by atoms with Crippen LogP contribution in [0.5, 0.6) is 0 Å². The number of likely N-dealkylation sites (N-methyl/N-ethyl adjacent to an activating group) is 2. The highest BCUT2D eigenvalue weighted by atomic mass is 16.5. The number of nitrogens with zero attached hydrogens (tertiary/aromatic N) is 4. The minimum atomic E-state index is -1.13. The molecule has 2 aromatic rings. The molecular weight excluding hydrogens is 1330 g/mol. The number of primary amides is 1. The van der Waals surface area contributed by atoms with E-state index in [2.05, 4.69) is 37.2 Å². The summed E-state index contributed by atoms with van der Waals surface area (Å²) >= 11 is 0. The van der Waals surface area contributed by atoms with Gasteiger partial charge >= 0.3 is 12.0 Å². The molecule has 2 aliphatic heterocycles. The highest BCUT2D eigenvalue weighted by Gasteiger charge is 2.44. The summed E-state index contributed by atoms with van der Waals surface area (Å²) in [6.45, 7) is 19.7. The molecule has 0 spiro atoms. The molecule has 2 aromatic carbocycles. The maximum Gasteiger partial charge on any atom is 0.312 e. The average molecular weight is 1450 g/mol. The van der Waals surface area contributed by atoms with Crippen molar-refractivity contribution in [3.05, 3.63) is 65.7 Å². The summed E-state index contributed by atoms with van der Waals surface area (Å²) in [6, 6.07) is 9.40. The van der Waals surface area contributed by atoms with Gasteiger partial charge < -0.3 is 86.1 Å². The molecule has 13 atom stereocenters. The van der Waals surface area contributed by atoms with Crippen molar-refractivity contribution in [1.82, 2.24) is 51.5 Å². The van der Waals surface area contributed by atoms with Gasteiger partial charge in [-0.15, -0.1) is 0 Å². The quantitative estimate of drug-likeness (QED) is 0.0347. The zero-order valence-corrected chi connectivity index (χ0v) is 63.7. The Morgan fingerprint density at radius 3 is 1.83 bits per heavy atom. The van der Waals surface area contributed by atoms with Crippen LogP contribution in [0.2, 0.25) is 0 Å². The summed E-state index contributed by atoms with van der Waals surface area (Å²) in [5.41, 5.74) is 7.08. The summed E-state index contributed by atoms with van der Waals surface area (Å²) in [7, 11) is 9.74. The number of benzene rings is 2. The molecule has 2 unspecified atom stereocenters. The van der Waals surface area contributed by atoms with Gasteiger partial charge in [-0.2, -0.15) is 0 Å². The molecule has 2 fully saturated rings. The van der Waals surface area contributed by atoms with Gasteiger partial charge in [0.1, 0.15) is 37.4 Å². The molecule has 0 aromatic heterocycles. The SMILES string of the molecule is CC[C@H](C)[C@@H]([C@@H](CC(=O)N1CCC[C@H]1[C@H](OC)[C@@H](C)C(=O)N[C@@H](Cc1ccccc1)C(=O)NCc1ccc(NC(=O)[C@H](CCCNC(N)=O)NC(=O)[C@@H](NC(=O)COCCOCCOCC(=O)N2CCC(C(=O)OC)CC2C)C(C)C)cc1)OC)N(C)C(=O)[C@@H](NC(=O)[C@H](C(C)C)N(C)C)C(C)C. The van der Waals surface area contributed by atoms with Crippen LogP contribution < -0.4 is 43.0 Å². The minimum absolute atomic E-state index is 0.00912. The number of anilines is 1. The Balaban J connectivity index is 1.36. The highest BCUT2D eigenvalue weighted by molar-refractivity contribution is 5.99. The van der Waals surface area contributed by atoms with Gasteiger partial charge in [0.05, 0.1) is 82.1 Å². The standard InChI is InChI=1S/C74H120N12O17/c1-17-48(8)65(84(13)72(95)63(46(4)5)82-71(94)64(47(6)7)83(11)12)58(98-14)41-60(88)86-33-22-26-57(86)66(99-15)50(10)67(90)80-56(40-51-23-19-18-20-24-51)68(91)77-42-52-27-29-54(30-28-52)78-69(92)55(25-21-32-76-74(75)97)79-70(93)62(45(2)3)81-59(87)43-102-37-35-101-36-38-103-44-61(89)85-34-31-53(39-49(85)9)73(96)100-16/h18-20,23-24,27-30,45-50,53,55-58,62-66H,17,21-22,25-26,31-44H2,1-16H3,(H,77,91)(H,78,92)(H,79,93)(H,80,90)(H,81,87)(H,82,94)(H3,75,76,97)/t48-,49?,50+,53?,55-,56-,57-,58+,62-,63-,64-,65-,66+/m0/s1. The van der Waals surface area contributed by atoms with Crippen LogP contribution in [0.15, 0.2) is 54.6 Å². The third-order valence-corrected chi connectivity index (χ3v) is 19.4. The summed E-state index contributed by atoms with van der Waals surface area (Å²) < 4.78 is 33.6. The second-order valence-electron chi connectivity index (χ2n) is 28.3. The largest absolute Gasteiger partial charge is 0.469 e. The molecule has 0 radical (unpaired) electrons. The Morgan fingerprint density at radius 2 is 1.26 bits per heavy atom. The van der Waals surface area contributed by atoms with Crippen LogP contribution in [0.1, 0.15) is 132 Å². The van der Waals surface area contributed by atoms with Crippen molar-refractivity contribution in [2.24, 2.45) is 41.2 Å². The fourth-order valence-corrected chi connectivity index (χ4v) is 13.5. The van der Waals surface area contributed by atoms with E-state index in [1.807, 2.05) is 97.8 Å². The van der Waals surface area contributed by atoms with Gasteiger partial charge in [0.15, 0.2) is 0 Å². The van der Waals surface area contributed by atoms with Gasteiger partial charge in [-0.05, 0) is 106 Å². The molecule has 0 saturated carbocycles. The second kappa shape index (κ2) is 44.7. The monoisotopic (exact) mass is 1450 g/mol. The lowest BCUT2D eigenvalue weighted by Gasteiger charge is -2.41. The maximum absolute atomic E-state index is 14.7. The number of hydrogen-bond donors (Lipinski definition) is 8. The number of hydrogen-bond acceptors (Lipinski definition) is 18. The van der Waals surface area contributed by atoms with Gasteiger partial charge in [0, 0.05) is 65.6 Å². The summed E-state index contributed by atoms with van der Waals surface area (Å²) in [5.74, 6) is -5.82. The number of piperidine rings is 1. The van der Waals surface area contributed by atoms with Crippen LogP contribution in [0.3, 0.4) is 0 Å². The first-order valence-electron chi connectivity index (χ1n) is 36.2. The first-order valence-corrected chi connectivity index (χ1v) is 36.2. The first-order chi connectivity index (χ1) is 48.9. The molecule has 578 valence electrons. The minimum Gasteiger partial charge on any atom is -0.469 e. The van der Waals surface area contributed by atoms with Crippen molar-refractivity contribution in [2.75, 3.05) is 107 Å². The lowest BCUT2D eigenvalue weighted by molar-refractivity contribution is -0.151. The van der Waals surface area contributed by atoms with E-state index in [-0.39, 0.29) is 131 Å². The van der Waals surface area contributed by atoms with Crippen LogP contribution in [-0.2, 0) is 89.3 Å². The number of nitrogens with one attached hydrogen (secondary N) is 7. The number of carbonyl (C=O) groups excluding carboxylic acids is 11. The van der Waals surface area contributed by atoms with Crippen LogP contribution in [0.4, 0.5) is 10.5 Å². The fraction of sp³-hybridized carbons (Fsp3) is 0.689. The van der Waals surface area contributed by atoms with E-state index in [9.17, 15) is 52.7 Å². The summed E-state index contributed by atoms with van der Waals surface area (Å²) in [4.78, 5) is 155. The fourth-order valence-electron chi connectivity index (χ4n) is 13.5. The van der Waals surface area contributed by atoms with Gasteiger partial charge in [-0.25, -0.2) is 4.79 Å². The molecule has 9 N–H and O–H groups in total. The Morgan fingerprint density at radius 1 is 0.631 bits per heavy atom. The molecule has 4 rings (SSSR count). The molecule has 2 saturated heterocycles. The van der Waals surface area contributed by atoms with Crippen molar-refractivity contribution in [2.45, 2.75) is 194 Å². The third kappa shape index (κ3) is 28.0. The number of likely N-dealkylation sites (tertiary alicyclic amines) is 2. The number of esters is 1. The van der Waals surface area contributed by atoms with Crippen LogP contribution in [-0.4, -0.2) is 247 Å². The van der Waals surface area contributed by atoms with E-state index in [1.165, 1.54) is 21.3 Å². The lowest BCUT2D eigenvalue weighted by atomic mass is 9.89. The van der Waals surface area contributed by atoms with Gasteiger partial charge in [0.2, 0.25) is 53.2 Å². The normalized spacial score (nSPS) is 18.3. The summed E-state index contributed by atoms with van der Waals surface area (Å²) in [6.07, 6.45) is 1.80. The first kappa shape index (κ1) is 87.6. The van der Waals surface area contributed by atoms with Gasteiger partial charge in [-0.3, -0.25) is 52.8 Å². The van der Waals surface area contributed by atoms with Crippen molar-refractivity contribution < 1.29 is 81.2 Å². The zero-order chi connectivity index (χ0) is 76.6. The molecule has 29 heteroatoms. The van der Waals surface area contributed by atoms with Crippen LogP contribution in [0.25, 0.3) is 0 Å². The predicted octanol–water partition coefficient (Wildman–Crippen LogP) is 3.54. The van der Waals surface area contributed by atoms with E-state index in [1.54, 1.807) is 66.8 Å².